The lowest BCUT2D eigenvalue weighted by Gasteiger charge is -2.31. The summed E-state index contributed by atoms with van der Waals surface area (Å²) in [6.07, 6.45) is 6.62. The smallest absolute Gasteiger partial charge is 0.253 e. The summed E-state index contributed by atoms with van der Waals surface area (Å²) >= 11 is 3.44. The fourth-order valence-electron chi connectivity index (χ4n) is 4.06. The van der Waals surface area contributed by atoms with Crippen molar-refractivity contribution in [1.82, 2.24) is 15.0 Å². The molecule has 0 N–H and O–H groups in total. The summed E-state index contributed by atoms with van der Waals surface area (Å²) in [6.45, 7) is 3.59. The zero-order chi connectivity index (χ0) is 21.6. The molecule has 1 atom stereocenters. The Morgan fingerprint density at radius 3 is 2.65 bits per heavy atom. The van der Waals surface area contributed by atoms with E-state index in [2.05, 4.69) is 45.1 Å². The molecule has 5 nitrogen and oxygen atoms in total. The van der Waals surface area contributed by atoms with E-state index in [4.69, 9.17) is 4.52 Å². The molecule has 1 saturated heterocycles. The molecule has 2 heterocycles. The van der Waals surface area contributed by atoms with Crippen molar-refractivity contribution < 1.29 is 9.32 Å². The van der Waals surface area contributed by atoms with Crippen LogP contribution in [0.4, 0.5) is 0 Å². The Bertz CT molecular complexity index is 998. The average molecular weight is 482 g/mol. The third kappa shape index (κ3) is 5.42. The summed E-state index contributed by atoms with van der Waals surface area (Å²) in [4.78, 5) is 19.6. The molecule has 3 aromatic rings. The van der Waals surface area contributed by atoms with Gasteiger partial charge >= 0.3 is 0 Å². The van der Waals surface area contributed by atoms with Crippen LogP contribution < -0.4 is 0 Å². The Hall–Kier alpha value is -2.47. The molecule has 0 radical (unpaired) electrons. The molecule has 1 aliphatic heterocycles. The Morgan fingerprint density at radius 1 is 1.13 bits per heavy atom. The van der Waals surface area contributed by atoms with Gasteiger partial charge in [-0.05, 0) is 67.6 Å². The fourth-order valence-corrected chi connectivity index (χ4v) is 4.32. The summed E-state index contributed by atoms with van der Waals surface area (Å²) in [5.41, 5.74) is 2.97. The standard InChI is InChI=1S/C25H28BrN3O2/c1-2-3-4-6-18-8-10-20(11-9-18)25(30)29-16-5-7-21(17-29)24-27-23(28-31-24)19-12-14-22(26)15-13-19/h8-15,21H,2-7,16-17H2,1H3/t21-/m0/s1. The molecule has 0 aliphatic carbocycles. The largest absolute Gasteiger partial charge is 0.339 e. The summed E-state index contributed by atoms with van der Waals surface area (Å²) in [7, 11) is 0. The summed E-state index contributed by atoms with van der Waals surface area (Å²) in [5.74, 6) is 1.35. The second-order valence-corrected chi connectivity index (χ2v) is 9.12. The predicted octanol–water partition coefficient (Wildman–Crippen LogP) is 6.25. The van der Waals surface area contributed by atoms with E-state index in [9.17, 15) is 4.79 Å². The quantitative estimate of drug-likeness (QED) is 0.374. The minimum Gasteiger partial charge on any atom is -0.339 e. The second kappa shape index (κ2) is 10.2. The van der Waals surface area contributed by atoms with Crippen molar-refractivity contribution in [2.24, 2.45) is 0 Å². The zero-order valence-corrected chi connectivity index (χ0v) is 19.5. The van der Waals surface area contributed by atoms with Gasteiger partial charge in [0.05, 0.1) is 5.92 Å². The number of rotatable bonds is 7. The molecule has 0 bridgehead atoms. The number of likely N-dealkylation sites (tertiary alicyclic amines) is 1. The lowest BCUT2D eigenvalue weighted by molar-refractivity contribution is 0.0695. The molecule has 2 aromatic carbocycles. The molecule has 1 aliphatic rings. The molecular weight excluding hydrogens is 454 g/mol. The maximum Gasteiger partial charge on any atom is 0.253 e. The Kier molecular flexibility index (Phi) is 7.17. The lowest BCUT2D eigenvalue weighted by Crippen LogP contribution is -2.39. The van der Waals surface area contributed by atoms with E-state index in [0.717, 1.165) is 41.4 Å². The van der Waals surface area contributed by atoms with Crippen molar-refractivity contribution in [1.29, 1.82) is 0 Å². The first-order chi connectivity index (χ1) is 15.1. The van der Waals surface area contributed by atoms with Gasteiger partial charge in [-0.25, -0.2) is 0 Å². The number of piperidine rings is 1. The van der Waals surface area contributed by atoms with Gasteiger partial charge in [-0.15, -0.1) is 0 Å². The van der Waals surface area contributed by atoms with Gasteiger partial charge < -0.3 is 9.42 Å². The van der Waals surface area contributed by atoms with Crippen LogP contribution in [0.2, 0.25) is 0 Å². The van der Waals surface area contributed by atoms with E-state index < -0.39 is 0 Å². The first-order valence-corrected chi connectivity index (χ1v) is 11.9. The van der Waals surface area contributed by atoms with Crippen LogP contribution in [0.25, 0.3) is 11.4 Å². The van der Waals surface area contributed by atoms with Gasteiger partial charge in [0.25, 0.3) is 5.91 Å². The van der Waals surface area contributed by atoms with E-state index >= 15 is 0 Å². The SMILES string of the molecule is CCCCCc1ccc(C(=O)N2CCC[C@H](c3nc(-c4ccc(Br)cc4)no3)C2)cc1. The van der Waals surface area contributed by atoms with E-state index in [0.29, 0.717) is 18.3 Å². The van der Waals surface area contributed by atoms with Gasteiger partial charge in [-0.3, -0.25) is 4.79 Å². The highest BCUT2D eigenvalue weighted by molar-refractivity contribution is 9.10. The van der Waals surface area contributed by atoms with Crippen LogP contribution in [-0.4, -0.2) is 34.0 Å². The number of unbranched alkanes of at least 4 members (excludes halogenated alkanes) is 2. The molecule has 31 heavy (non-hydrogen) atoms. The number of halogens is 1. The normalized spacial score (nSPS) is 16.5. The van der Waals surface area contributed by atoms with Crippen molar-refractivity contribution in [2.45, 2.75) is 51.4 Å². The number of aromatic nitrogens is 2. The Morgan fingerprint density at radius 2 is 1.90 bits per heavy atom. The average Bonchev–Trinajstić information content (AvgIpc) is 3.30. The molecule has 6 heteroatoms. The number of aryl methyl sites for hydroxylation is 1. The number of hydrogen-bond donors (Lipinski definition) is 0. The van der Waals surface area contributed by atoms with Crippen molar-refractivity contribution in [3.8, 4) is 11.4 Å². The highest BCUT2D eigenvalue weighted by atomic mass is 79.9. The summed E-state index contributed by atoms with van der Waals surface area (Å²) < 4.78 is 6.58. The van der Waals surface area contributed by atoms with Crippen LogP contribution in [-0.2, 0) is 6.42 Å². The number of benzene rings is 2. The van der Waals surface area contributed by atoms with Crippen LogP contribution in [0.5, 0.6) is 0 Å². The van der Waals surface area contributed by atoms with Gasteiger partial charge in [-0.2, -0.15) is 4.98 Å². The maximum atomic E-state index is 13.1. The molecule has 1 fully saturated rings. The first-order valence-electron chi connectivity index (χ1n) is 11.1. The van der Waals surface area contributed by atoms with Crippen LogP contribution in [0.15, 0.2) is 57.5 Å². The van der Waals surface area contributed by atoms with E-state index in [1.165, 1.54) is 24.8 Å². The molecule has 1 amide bonds. The third-order valence-corrected chi connectivity index (χ3v) is 6.40. The van der Waals surface area contributed by atoms with Gasteiger partial charge in [0.2, 0.25) is 11.7 Å². The highest BCUT2D eigenvalue weighted by Crippen LogP contribution is 2.29. The van der Waals surface area contributed by atoms with Crippen LogP contribution in [0.1, 0.15) is 66.8 Å². The van der Waals surface area contributed by atoms with Crippen LogP contribution in [0.3, 0.4) is 0 Å². The summed E-state index contributed by atoms with van der Waals surface area (Å²) in [5, 5.41) is 4.15. The minimum absolute atomic E-state index is 0.0720. The maximum absolute atomic E-state index is 13.1. The van der Waals surface area contributed by atoms with Gasteiger partial charge in [0.1, 0.15) is 0 Å². The summed E-state index contributed by atoms with van der Waals surface area (Å²) in [6, 6.07) is 15.9. The zero-order valence-electron chi connectivity index (χ0n) is 17.9. The van der Waals surface area contributed by atoms with Gasteiger partial charge in [-0.1, -0.05) is 53.0 Å². The fraction of sp³-hybridized carbons (Fsp3) is 0.400. The minimum atomic E-state index is 0.0720. The van der Waals surface area contributed by atoms with Gasteiger partial charge in [0.15, 0.2) is 0 Å². The molecule has 162 valence electrons. The molecule has 0 unspecified atom stereocenters. The van der Waals surface area contributed by atoms with Crippen molar-refractivity contribution in [3.05, 3.63) is 70.0 Å². The number of amides is 1. The van der Waals surface area contributed by atoms with E-state index in [1.807, 2.05) is 41.3 Å². The molecule has 0 saturated carbocycles. The Balaban J connectivity index is 1.40. The third-order valence-electron chi connectivity index (χ3n) is 5.87. The number of nitrogens with zero attached hydrogens (tertiary/aromatic N) is 3. The van der Waals surface area contributed by atoms with Crippen LogP contribution in [0, 0.1) is 0 Å². The lowest BCUT2D eigenvalue weighted by atomic mass is 9.97. The number of carbonyl (C=O) groups excluding carboxylic acids is 1. The first kappa shape index (κ1) is 21.8. The van der Waals surface area contributed by atoms with E-state index in [-0.39, 0.29) is 11.8 Å². The Labute approximate surface area is 192 Å². The van der Waals surface area contributed by atoms with Crippen LogP contribution >= 0.6 is 15.9 Å². The van der Waals surface area contributed by atoms with Gasteiger partial charge in [0, 0.05) is 28.7 Å². The monoisotopic (exact) mass is 481 g/mol. The number of carbonyl (C=O) groups is 1. The molecule has 4 rings (SSSR count). The second-order valence-electron chi connectivity index (χ2n) is 8.21. The van der Waals surface area contributed by atoms with Crippen molar-refractivity contribution >= 4 is 21.8 Å². The highest BCUT2D eigenvalue weighted by Gasteiger charge is 2.29. The van der Waals surface area contributed by atoms with Crippen molar-refractivity contribution in [3.63, 3.8) is 0 Å². The molecular formula is C25H28BrN3O2. The van der Waals surface area contributed by atoms with Crippen molar-refractivity contribution in [2.75, 3.05) is 13.1 Å². The predicted molar refractivity (Wildman–Crippen MR) is 125 cm³/mol. The molecule has 0 spiro atoms. The van der Waals surface area contributed by atoms with E-state index in [1.54, 1.807) is 0 Å². The number of hydrogen-bond acceptors (Lipinski definition) is 4. The topological polar surface area (TPSA) is 59.2 Å². The molecule has 1 aromatic heterocycles.